The van der Waals surface area contributed by atoms with Crippen molar-refractivity contribution in [3.63, 3.8) is 0 Å². The molecule has 0 aliphatic rings. The summed E-state index contributed by atoms with van der Waals surface area (Å²) in [5.41, 5.74) is 0. The van der Waals surface area contributed by atoms with Crippen LogP contribution in [0.5, 0.6) is 0 Å². The summed E-state index contributed by atoms with van der Waals surface area (Å²) in [5.74, 6) is 1.40. The molecule has 0 amide bonds. The molecule has 19 heavy (non-hydrogen) atoms. The van der Waals surface area contributed by atoms with E-state index < -0.39 is 0 Å². The Balaban J connectivity index is 0. The molecule has 0 aromatic heterocycles. The highest BCUT2D eigenvalue weighted by Crippen LogP contribution is 2.00. The minimum Gasteiger partial charge on any atom is -0.724 e. The first-order valence-electron chi connectivity index (χ1n) is 7.24. The Kier molecular flexibility index (Phi) is 13.8. The number of nitrogens with zero attached hydrogens (tertiary/aromatic N) is 4. The zero-order valence-electron chi connectivity index (χ0n) is 13.4. The number of guanidine groups is 1. The molecule has 0 radical (unpaired) electrons. The number of rotatable bonds is 6. The van der Waals surface area contributed by atoms with E-state index in [-0.39, 0.29) is 0 Å². The van der Waals surface area contributed by atoms with Crippen molar-refractivity contribution in [2.24, 2.45) is 0 Å². The van der Waals surface area contributed by atoms with Crippen molar-refractivity contribution in [3.8, 4) is 0 Å². The van der Waals surface area contributed by atoms with Gasteiger partial charge in [-0.2, -0.15) is 0 Å². The maximum atomic E-state index is 8.24. The molecule has 0 saturated carbocycles. The van der Waals surface area contributed by atoms with Crippen molar-refractivity contribution < 1.29 is 9.37 Å². The summed E-state index contributed by atoms with van der Waals surface area (Å²) in [7, 11) is 0. The molecule has 0 N–H and O–H groups in total. The third-order valence-electron chi connectivity index (χ3n) is 3.14. The maximum Gasteiger partial charge on any atom is 0.350 e. The van der Waals surface area contributed by atoms with Crippen molar-refractivity contribution in [2.75, 3.05) is 39.3 Å². The van der Waals surface area contributed by atoms with Gasteiger partial charge in [0, 0.05) is 0 Å². The molecule has 0 saturated heterocycles. The van der Waals surface area contributed by atoms with Crippen molar-refractivity contribution >= 4 is 12.0 Å². The zero-order chi connectivity index (χ0) is 15.3. The Hall–Kier alpha value is -1.35. The molecular weight excluding hydrogens is 240 g/mol. The van der Waals surface area contributed by atoms with Crippen LogP contribution >= 0.6 is 0 Å². The van der Waals surface area contributed by atoms with Crippen LogP contribution in [-0.4, -0.2) is 65.7 Å². The van der Waals surface area contributed by atoms with Gasteiger partial charge in [-0.25, -0.2) is 0 Å². The van der Waals surface area contributed by atoms with Crippen LogP contribution in [0.2, 0.25) is 0 Å². The number of isocyanates is 1. The van der Waals surface area contributed by atoms with Crippen molar-refractivity contribution in [1.29, 1.82) is 0 Å². The van der Waals surface area contributed by atoms with Gasteiger partial charge in [-0.3, -0.25) is 19.2 Å². The van der Waals surface area contributed by atoms with E-state index in [4.69, 9.17) is 10.2 Å². The Morgan fingerprint density at radius 1 is 0.895 bits per heavy atom. The number of hydrogen-bond acceptors (Lipinski definition) is 1. The van der Waals surface area contributed by atoms with Gasteiger partial charge in [0.1, 0.15) is 0 Å². The van der Waals surface area contributed by atoms with Crippen LogP contribution in [0.25, 0.3) is 5.41 Å². The lowest BCUT2D eigenvalue weighted by Gasteiger charge is -2.27. The van der Waals surface area contributed by atoms with E-state index in [0.29, 0.717) is 6.08 Å². The highest BCUT2D eigenvalue weighted by atomic mass is 16.1. The van der Waals surface area contributed by atoms with E-state index in [2.05, 4.69) is 55.9 Å². The van der Waals surface area contributed by atoms with Gasteiger partial charge in [0.05, 0.1) is 39.3 Å². The predicted octanol–water partition coefficient (Wildman–Crippen LogP) is 1.97. The standard InChI is InChI=1S/C13H30N3.CNO/c1-7-14(8-2)13(15(9-3)10-4)16(11-5)12-6;2-1-3/h7-12H2,1-6H3;/q+1;-1. The van der Waals surface area contributed by atoms with Crippen LogP contribution in [0.15, 0.2) is 0 Å². The fourth-order valence-electron chi connectivity index (χ4n) is 2.12. The molecule has 5 heteroatoms. The molecule has 0 fully saturated rings. The molecule has 0 bridgehead atoms. The maximum absolute atomic E-state index is 8.24. The lowest BCUT2D eigenvalue weighted by molar-refractivity contribution is -0.531. The van der Waals surface area contributed by atoms with E-state index in [1.54, 1.807) is 0 Å². The van der Waals surface area contributed by atoms with E-state index >= 15 is 0 Å². The lowest BCUT2D eigenvalue weighted by atomic mass is 10.4. The van der Waals surface area contributed by atoms with Crippen molar-refractivity contribution in [1.82, 2.24) is 9.80 Å². The summed E-state index contributed by atoms with van der Waals surface area (Å²) in [6.07, 6.45) is 0.500. The normalized spacial score (nSPS) is 8.95. The molecule has 112 valence electrons. The number of hydrogen-bond donors (Lipinski definition) is 0. The summed E-state index contributed by atoms with van der Waals surface area (Å²) in [5, 5.41) is 6.76. The quantitative estimate of drug-likeness (QED) is 0.321. The predicted molar refractivity (Wildman–Crippen MR) is 81.2 cm³/mol. The van der Waals surface area contributed by atoms with Crippen molar-refractivity contribution in [3.05, 3.63) is 5.41 Å². The molecule has 0 rings (SSSR count). The van der Waals surface area contributed by atoms with E-state index in [0.717, 1.165) is 39.3 Å². The monoisotopic (exact) mass is 270 g/mol. The van der Waals surface area contributed by atoms with Gasteiger partial charge in [0.2, 0.25) is 0 Å². The Labute approximate surface area is 118 Å². The fourth-order valence-corrected chi connectivity index (χ4v) is 2.12. The smallest absolute Gasteiger partial charge is 0.350 e. The second-order valence-corrected chi connectivity index (χ2v) is 3.91. The van der Waals surface area contributed by atoms with Crippen molar-refractivity contribution in [2.45, 2.75) is 41.5 Å². The zero-order valence-corrected chi connectivity index (χ0v) is 13.4. The third kappa shape index (κ3) is 6.97. The SMILES string of the molecule is CCN(CC)C(N(CC)CC)=[N+](CC)CC.[N-]=C=O. The van der Waals surface area contributed by atoms with Gasteiger partial charge < -0.3 is 5.41 Å². The molecule has 0 spiro atoms. The summed E-state index contributed by atoms with van der Waals surface area (Å²) in [6, 6.07) is 0. The van der Waals surface area contributed by atoms with Gasteiger partial charge in [-0.1, -0.05) is 0 Å². The first kappa shape index (κ1) is 20.0. The summed E-state index contributed by atoms with van der Waals surface area (Å²) < 4.78 is 2.46. The first-order chi connectivity index (χ1) is 9.11. The minimum absolute atomic E-state index is 0.500. The molecule has 5 nitrogen and oxygen atoms in total. The highest BCUT2D eigenvalue weighted by Gasteiger charge is 2.24. The Morgan fingerprint density at radius 2 is 1.16 bits per heavy atom. The summed E-state index contributed by atoms with van der Waals surface area (Å²) >= 11 is 0. The topological polar surface area (TPSA) is 48.9 Å². The summed E-state index contributed by atoms with van der Waals surface area (Å²) in [6.45, 7) is 19.9. The average Bonchev–Trinajstić information content (AvgIpc) is 2.43. The Morgan fingerprint density at radius 3 is 1.32 bits per heavy atom. The third-order valence-corrected chi connectivity index (χ3v) is 3.14. The van der Waals surface area contributed by atoms with Crippen LogP contribution in [-0.2, 0) is 4.79 Å². The Bertz CT molecular complexity index is 255. The largest absolute Gasteiger partial charge is 0.724 e. The van der Waals surface area contributed by atoms with Gasteiger partial charge in [0.15, 0.2) is 0 Å². The van der Waals surface area contributed by atoms with Gasteiger partial charge >= 0.3 is 5.96 Å². The second kappa shape index (κ2) is 13.1. The molecule has 0 aromatic rings. The molecule has 0 aliphatic carbocycles. The van der Waals surface area contributed by atoms with Crippen LogP contribution < -0.4 is 0 Å². The molecule has 0 unspecified atom stereocenters. The molecule has 0 atom stereocenters. The molecule has 0 heterocycles. The van der Waals surface area contributed by atoms with Crippen LogP contribution in [0.4, 0.5) is 0 Å². The second-order valence-electron chi connectivity index (χ2n) is 3.91. The molecule has 0 aromatic carbocycles. The molecule has 0 aliphatic heterocycles. The van der Waals surface area contributed by atoms with E-state index in [1.165, 1.54) is 5.96 Å². The highest BCUT2D eigenvalue weighted by molar-refractivity contribution is 5.75. The van der Waals surface area contributed by atoms with Gasteiger partial charge in [-0.15, -0.1) is 0 Å². The van der Waals surface area contributed by atoms with Crippen LogP contribution in [0.3, 0.4) is 0 Å². The first-order valence-corrected chi connectivity index (χ1v) is 7.24. The van der Waals surface area contributed by atoms with Crippen LogP contribution in [0.1, 0.15) is 41.5 Å². The number of carbonyl (C=O) groups excluding carboxylic acids is 1. The summed E-state index contributed by atoms with van der Waals surface area (Å²) in [4.78, 5) is 13.2. The van der Waals surface area contributed by atoms with Gasteiger partial charge in [-0.05, 0) is 47.6 Å². The molecular formula is C14H30N4O. The fraction of sp³-hybridized carbons (Fsp3) is 0.857. The lowest BCUT2D eigenvalue weighted by Crippen LogP contribution is -2.49. The van der Waals surface area contributed by atoms with E-state index in [9.17, 15) is 0 Å². The van der Waals surface area contributed by atoms with Gasteiger partial charge in [0.25, 0.3) is 0 Å². The van der Waals surface area contributed by atoms with E-state index in [1.807, 2.05) is 0 Å². The minimum atomic E-state index is 0.500. The average molecular weight is 270 g/mol. The van der Waals surface area contributed by atoms with Crippen LogP contribution in [0, 0.1) is 0 Å².